The molecule has 2 aromatic rings. The van der Waals surface area contributed by atoms with Crippen LogP contribution in [0.4, 0.5) is 22.0 Å². The molecule has 0 amide bonds. The third-order valence-corrected chi connectivity index (χ3v) is 3.41. The van der Waals surface area contributed by atoms with Crippen LogP contribution in [-0.4, -0.2) is 23.5 Å². The summed E-state index contributed by atoms with van der Waals surface area (Å²) < 4.78 is 69.3. The minimum absolute atomic E-state index is 0.0203. The molecule has 0 atom stereocenters. The zero-order valence-corrected chi connectivity index (χ0v) is 12.2. The summed E-state index contributed by atoms with van der Waals surface area (Å²) in [5.74, 6) is -5.01. The van der Waals surface area contributed by atoms with Crippen molar-refractivity contribution in [2.45, 2.75) is 12.1 Å². The number of benzene rings is 1. The number of aromatic nitrogens is 2. The van der Waals surface area contributed by atoms with Crippen LogP contribution >= 0.6 is 23.2 Å². The van der Waals surface area contributed by atoms with Crippen molar-refractivity contribution in [1.82, 2.24) is 10.2 Å². The van der Waals surface area contributed by atoms with Gasteiger partial charge in [-0.05, 0) is 18.2 Å². The van der Waals surface area contributed by atoms with Gasteiger partial charge in [0.05, 0.1) is 12.7 Å². The Morgan fingerprint density at radius 1 is 1.14 bits per heavy atom. The van der Waals surface area contributed by atoms with Gasteiger partial charge in [-0.25, -0.2) is 0 Å². The Morgan fingerprint density at radius 3 is 2.23 bits per heavy atom. The second-order valence-corrected chi connectivity index (χ2v) is 4.93. The van der Waals surface area contributed by atoms with Gasteiger partial charge in [0.1, 0.15) is 10.9 Å². The Labute approximate surface area is 131 Å². The van der Waals surface area contributed by atoms with Gasteiger partial charge in [-0.15, -0.1) is 0 Å². The van der Waals surface area contributed by atoms with Crippen molar-refractivity contribution in [2.75, 3.05) is 7.11 Å². The van der Waals surface area contributed by atoms with Crippen molar-refractivity contribution in [1.29, 1.82) is 0 Å². The van der Waals surface area contributed by atoms with Crippen molar-refractivity contribution in [3.05, 3.63) is 34.1 Å². The lowest BCUT2D eigenvalue weighted by Gasteiger charge is -2.21. The molecule has 10 heteroatoms. The zero-order chi connectivity index (χ0) is 16.7. The second kappa shape index (κ2) is 5.58. The van der Waals surface area contributed by atoms with Crippen LogP contribution in [0.15, 0.2) is 18.2 Å². The maximum Gasteiger partial charge on any atom is 0.458 e. The van der Waals surface area contributed by atoms with Crippen LogP contribution in [0.5, 0.6) is 5.75 Å². The van der Waals surface area contributed by atoms with E-state index >= 15 is 0 Å². The standard InChI is InChI=1S/C12H7Cl2F5N2O/c1-22-7-3-2-5(11(15,16)12(17,18)19)4-6(7)8-9(13)20-21-10(8)14/h2-4H,1H3,(H,20,21). The van der Waals surface area contributed by atoms with E-state index in [2.05, 4.69) is 10.2 Å². The van der Waals surface area contributed by atoms with Crippen molar-refractivity contribution >= 4 is 23.2 Å². The molecule has 0 saturated carbocycles. The molecule has 120 valence electrons. The molecule has 0 unspecified atom stereocenters. The van der Waals surface area contributed by atoms with E-state index in [9.17, 15) is 22.0 Å². The molecule has 2 rings (SSSR count). The van der Waals surface area contributed by atoms with Gasteiger partial charge in [0.15, 0.2) is 5.15 Å². The van der Waals surface area contributed by atoms with Crippen LogP contribution < -0.4 is 4.74 Å². The highest BCUT2D eigenvalue weighted by Crippen LogP contribution is 2.47. The molecule has 3 nitrogen and oxygen atoms in total. The van der Waals surface area contributed by atoms with Crippen molar-refractivity contribution in [2.24, 2.45) is 0 Å². The summed E-state index contributed by atoms with van der Waals surface area (Å²) in [5, 5.41) is 5.55. The van der Waals surface area contributed by atoms with E-state index in [0.717, 1.165) is 6.07 Å². The van der Waals surface area contributed by atoms with Gasteiger partial charge in [-0.1, -0.05) is 23.2 Å². The van der Waals surface area contributed by atoms with E-state index in [1.807, 2.05) is 0 Å². The molecule has 0 aliphatic rings. The molecule has 22 heavy (non-hydrogen) atoms. The monoisotopic (exact) mass is 360 g/mol. The van der Waals surface area contributed by atoms with E-state index in [1.165, 1.54) is 7.11 Å². The fourth-order valence-corrected chi connectivity index (χ4v) is 2.31. The number of H-pyrrole nitrogens is 1. The largest absolute Gasteiger partial charge is 0.496 e. The third-order valence-electron chi connectivity index (χ3n) is 2.87. The van der Waals surface area contributed by atoms with Crippen molar-refractivity contribution < 1.29 is 26.7 Å². The van der Waals surface area contributed by atoms with Gasteiger partial charge in [0, 0.05) is 11.1 Å². The quantitative estimate of drug-likeness (QED) is 0.778. The highest BCUT2D eigenvalue weighted by atomic mass is 35.5. The number of nitrogens with zero attached hydrogens (tertiary/aromatic N) is 1. The fourth-order valence-electron chi connectivity index (χ4n) is 1.79. The summed E-state index contributed by atoms with van der Waals surface area (Å²) in [4.78, 5) is 0. The average Bonchev–Trinajstić information content (AvgIpc) is 2.76. The third kappa shape index (κ3) is 2.72. The van der Waals surface area contributed by atoms with E-state index < -0.39 is 17.7 Å². The molecule has 0 aliphatic carbocycles. The molecule has 0 bridgehead atoms. The molecule has 1 aromatic heterocycles. The normalized spacial score (nSPS) is 12.5. The first-order chi connectivity index (χ1) is 10.1. The summed E-state index contributed by atoms with van der Waals surface area (Å²) in [6, 6.07) is 2.22. The van der Waals surface area contributed by atoms with Crippen LogP contribution in [0, 0.1) is 0 Å². The maximum atomic E-state index is 13.5. The second-order valence-electron chi connectivity index (χ2n) is 4.19. The van der Waals surface area contributed by atoms with Crippen LogP contribution in [0.25, 0.3) is 11.1 Å². The number of halogens is 7. The summed E-state index contributed by atoms with van der Waals surface area (Å²) >= 11 is 11.6. The molecular formula is C12H7Cl2F5N2O. The van der Waals surface area contributed by atoms with Gasteiger partial charge in [0.25, 0.3) is 0 Å². The first-order valence-corrected chi connectivity index (χ1v) is 6.38. The number of methoxy groups -OCH3 is 1. The minimum Gasteiger partial charge on any atom is -0.496 e. The predicted molar refractivity (Wildman–Crippen MR) is 70.5 cm³/mol. The maximum absolute atomic E-state index is 13.5. The van der Waals surface area contributed by atoms with Crippen LogP contribution in [0.2, 0.25) is 10.3 Å². The van der Waals surface area contributed by atoms with E-state index in [0.29, 0.717) is 12.1 Å². The van der Waals surface area contributed by atoms with Gasteiger partial charge in [0.2, 0.25) is 0 Å². The van der Waals surface area contributed by atoms with Crippen LogP contribution in [0.1, 0.15) is 5.56 Å². The predicted octanol–water partition coefficient (Wildman–Crippen LogP) is 5.05. The number of ether oxygens (including phenoxy) is 1. The number of nitrogens with one attached hydrogen (secondary N) is 1. The Morgan fingerprint density at radius 2 is 1.77 bits per heavy atom. The topological polar surface area (TPSA) is 37.9 Å². The Hall–Kier alpha value is -1.54. The smallest absolute Gasteiger partial charge is 0.458 e. The average molecular weight is 361 g/mol. The van der Waals surface area contributed by atoms with Gasteiger partial charge < -0.3 is 4.74 Å². The minimum atomic E-state index is -5.73. The number of rotatable bonds is 3. The first-order valence-electron chi connectivity index (χ1n) is 5.62. The molecule has 1 aromatic carbocycles. The summed E-state index contributed by atoms with van der Waals surface area (Å²) in [7, 11) is 1.22. The molecule has 1 heterocycles. The summed E-state index contributed by atoms with van der Waals surface area (Å²) in [5.41, 5.74) is -1.42. The van der Waals surface area contributed by atoms with Crippen molar-refractivity contribution in [3.63, 3.8) is 0 Å². The molecule has 0 saturated heterocycles. The SMILES string of the molecule is COc1ccc(C(F)(F)C(F)(F)F)cc1-c1c(Cl)n[nH]c1Cl. The molecule has 0 radical (unpaired) electrons. The summed E-state index contributed by atoms with van der Waals surface area (Å²) in [6.07, 6.45) is -5.73. The number of alkyl halides is 5. The Bertz CT molecular complexity index is 680. The number of hydrogen-bond donors (Lipinski definition) is 1. The van der Waals surface area contributed by atoms with Crippen LogP contribution in [-0.2, 0) is 5.92 Å². The fraction of sp³-hybridized carbons (Fsp3) is 0.250. The summed E-state index contributed by atoms with van der Waals surface area (Å²) in [6.45, 7) is 0. The van der Waals surface area contributed by atoms with E-state index in [-0.39, 0.29) is 27.2 Å². The molecular weight excluding hydrogens is 354 g/mol. The van der Waals surface area contributed by atoms with Crippen LogP contribution in [0.3, 0.4) is 0 Å². The lowest BCUT2D eigenvalue weighted by molar-refractivity contribution is -0.289. The highest BCUT2D eigenvalue weighted by molar-refractivity contribution is 6.38. The lowest BCUT2D eigenvalue weighted by atomic mass is 10.0. The van der Waals surface area contributed by atoms with Gasteiger partial charge in [-0.3, -0.25) is 5.10 Å². The zero-order valence-electron chi connectivity index (χ0n) is 10.7. The molecule has 0 spiro atoms. The first kappa shape index (κ1) is 16.8. The van der Waals surface area contributed by atoms with Crippen molar-refractivity contribution in [3.8, 4) is 16.9 Å². The van der Waals surface area contributed by atoms with Gasteiger partial charge >= 0.3 is 12.1 Å². The molecule has 0 fully saturated rings. The Kier molecular flexibility index (Phi) is 4.27. The number of aromatic amines is 1. The molecule has 0 aliphatic heterocycles. The van der Waals surface area contributed by atoms with E-state index in [1.54, 1.807) is 0 Å². The molecule has 1 N–H and O–H groups in total. The van der Waals surface area contributed by atoms with E-state index in [4.69, 9.17) is 27.9 Å². The lowest BCUT2D eigenvalue weighted by Crippen LogP contribution is -2.33. The van der Waals surface area contributed by atoms with Gasteiger partial charge in [-0.2, -0.15) is 27.1 Å². The number of hydrogen-bond acceptors (Lipinski definition) is 2. The highest BCUT2D eigenvalue weighted by Gasteiger charge is 2.58. The Balaban J connectivity index is 2.67.